The maximum Gasteiger partial charge on any atom is 0.407 e. The molecule has 4 N–H and O–H groups in total. The van der Waals surface area contributed by atoms with Gasteiger partial charge < -0.3 is 40.2 Å². The van der Waals surface area contributed by atoms with E-state index in [1.807, 2.05) is 63.2 Å². The molecule has 262 valence electrons. The molecular formula is C34H47N5O8S. The molecule has 5 unspecified atom stereocenters. The number of alkyl carbamates (subject to hydrolysis) is 1. The minimum Gasteiger partial charge on any atom is -0.443 e. The van der Waals surface area contributed by atoms with Crippen molar-refractivity contribution in [3.8, 4) is 0 Å². The summed E-state index contributed by atoms with van der Waals surface area (Å²) >= 11 is 0. The Morgan fingerprint density at radius 1 is 1.15 bits per heavy atom. The van der Waals surface area contributed by atoms with Gasteiger partial charge in [-0.25, -0.2) is 13.2 Å². The third kappa shape index (κ3) is 8.73. The SMILES string of the molecule is CC(C)CN(CC(O)C(Cc1ccccc1)NC(=O)OC1COC2OCCC12)S(=O)(=O)c1ccc2c(c1)/C(=C/NCCN(C)C)C(=O)N2. The van der Waals surface area contributed by atoms with Gasteiger partial charge in [0.05, 0.1) is 41.7 Å². The zero-order valence-electron chi connectivity index (χ0n) is 27.9. The standard InChI is InChI=1S/C34H47N5O8S/c1-22(2)19-39(48(43,44)24-10-11-28-26(17-24)27(32(41)36-28)18-35-13-14-38(3)4)20-30(40)29(16-23-8-6-5-7-9-23)37-34(42)47-31-21-46-33-25(31)12-15-45-33/h5-11,17-18,22,25,29-31,33,35,40H,12-16,19-21H2,1-4H3,(H,36,41)(H,37,42)/b27-18-. The number of nitrogens with one attached hydrogen (secondary N) is 3. The molecule has 2 saturated heterocycles. The van der Waals surface area contributed by atoms with E-state index < -0.39 is 34.4 Å². The molecule has 48 heavy (non-hydrogen) atoms. The first-order valence-corrected chi connectivity index (χ1v) is 17.8. The smallest absolute Gasteiger partial charge is 0.407 e. The van der Waals surface area contributed by atoms with Gasteiger partial charge in [0.25, 0.3) is 5.91 Å². The number of hydrogen-bond acceptors (Lipinski definition) is 10. The van der Waals surface area contributed by atoms with Gasteiger partial charge in [0, 0.05) is 43.6 Å². The van der Waals surface area contributed by atoms with Crippen molar-refractivity contribution >= 4 is 33.3 Å². The summed E-state index contributed by atoms with van der Waals surface area (Å²) in [6.07, 6.45) is -0.308. The summed E-state index contributed by atoms with van der Waals surface area (Å²) in [5.74, 6) is -0.453. The number of aliphatic hydroxyl groups is 1. The van der Waals surface area contributed by atoms with E-state index >= 15 is 0 Å². The third-order valence-corrected chi connectivity index (χ3v) is 10.5. The molecule has 13 nitrogen and oxygen atoms in total. The molecule has 2 amide bonds. The number of anilines is 1. The van der Waals surface area contributed by atoms with Gasteiger partial charge in [-0.3, -0.25) is 4.79 Å². The minimum atomic E-state index is -4.15. The lowest BCUT2D eigenvalue weighted by atomic mass is 10.0. The Balaban J connectivity index is 1.35. The molecular weight excluding hydrogens is 638 g/mol. The molecule has 5 atom stereocenters. The normalized spacial score (nSPS) is 22.5. The maximum absolute atomic E-state index is 14.2. The fraction of sp³-hybridized carbons (Fsp3) is 0.529. The highest BCUT2D eigenvalue weighted by molar-refractivity contribution is 7.89. The van der Waals surface area contributed by atoms with E-state index in [0.717, 1.165) is 18.5 Å². The highest BCUT2D eigenvalue weighted by atomic mass is 32.2. The van der Waals surface area contributed by atoms with Gasteiger partial charge in [-0.1, -0.05) is 44.2 Å². The zero-order chi connectivity index (χ0) is 34.4. The number of amides is 2. The second kappa shape index (κ2) is 15.8. The summed E-state index contributed by atoms with van der Waals surface area (Å²) in [5, 5.41) is 20.3. The molecule has 5 rings (SSSR count). The Kier molecular flexibility index (Phi) is 11.8. The predicted molar refractivity (Wildman–Crippen MR) is 180 cm³/mol. The van der Waals surface area contributed by atoms with Gasteiger partial charge in [0.1, 0.15) is 6.10 Å². The van der Waals surface area contributed by atoms with E-state index in [2.05, 4.69) is 16.0 Å². The van der Waals surface area contributed by atoms with Gasteiger partial charge >= 0.3 is 6.09 Å². The van der Waals surface area contributed by atoms with Crippen LogP contribution >= 0.6 is 0 Å². The number of fused-ring (bicyclic) bond motifs is 2. The van der Waals surface area contributed by atoms with Crippen molar-refractivity contribution in [1.29, 1.82) is 0 Å². The van der Waals surface area contributed by atoms with Crippen molar-refractivity contribution in [2.75, 3.05) is 58.8 Å². The highest BCUT2D eigenvalue weighted by Gasteiger charge is 2.44. The number of likely N-dealkylation sites (N-methyl/N-ethyl adjacent to an activating group) is 1. The molecule has 0 aromatic heterocycles. The van der Waals surface area contributed by atoms with Crippen LogP contribution in [-0.4, -0.2) is 113 Å². The largest absolute Gasteiger partial charge is 0.443 e. The van der Waals surface area contributed by atoms with Crippen molar-refractivity contribution < 1.29 is 37.3 Å². The highest BCUT2D eigenvalue weighted by Crippen LogP contribution is 2.35. The lowest BCUT2D eigenvalue weighted by Crippen LogP contribution is -2.51. The first-order chi connectivity index (χ1) is 22.9. The monoisotopic (exact) mass is 685 g/mol. The Morgan fingerprint density at radius 2 is 1.92 bits per heavy atom. The third-order valence-electron chi connectivity index (χ3n) is 8.63. The van der Waals surface area contributed by atoms with Gasteiger partial charge in [-0.2, -0.15) is 4.31 Å². The summed E-state index contributed by atoms with van der Waals surface area (Å²) in [7, 11) is -0.258. The quantitative estimate of drug-likeness (QED) is 0.162. The van der Waals surface area contributed by atoms with E-state index in [0.29, 0.717) is 30.0 Å². The summed E-state index contributed by atoms with van der Waals surface area (Å²) < 4.78 is 46.5. The number of nitrogens with zero attached hydrogens (tertiary/aromatic N) is 2. The molecule has 0 bridgehead atoms. The molecule has 3 heterocycles. The lowest BCUT2D eigenvalue weighted by Gasteiger charge is -2.31. The number of carbonyl (C=O) groups excluding carboxylic acids is 2. The Labute approximate surface area is 282 Å². The minimum absolute atomic E-state index is 0.00802. The van der Waals surface area contributed by atoms with E-state index in [1.54, 1.807) is 12.3 Å². The number of rotatable bonds is 15. The van der Waals surface area contributed by atoms with E-state index in [9.17, 15) is 23.1 Å². The maximum atomic E-state index is 14.2. The molecule has 3 aliphatic heterocycles. The number of sulfonamides is 1. The van der Waals surface area contributed by atoms with E-state index in [4.69, 9.17) is 14.2 Å². The number of aliphatic hydroxyl groups excluding tert-OH is 1. The van der Waals surface area contributed by atoms with Crippen LogP contribution in [0.5, 0.6) is 0 Å². The number of benzene rings is 2. The Morgan fingerprint density at radius 3 is 2.65 bits per heavy atom. The van der Waals surface area contributed by atoms with Crippen LogP contribution in [-0.2, 0) is 35.4 Å². The molecule has 2 fully saturated rings. The van der Waals surface area contributed by atoms with Gasteiger partial charge in [0.2, 0.25) is 10.0 Å². The van der Waals surface area contributed by atoms with Crippen molar-refractivity contribution in [2.45, 2.75) is 56.1 Å². The summed E-state index contributed by atoms with van der Waals surface area (Å²) in [6.45, 7) is 5.73. The fourth-order valence-corrected chi connectivity index (χ4v) is 7.77. The predicted octanol–water partition coefficient (Wildman–Crippen LogP) is 2.24. The van der Waals surface area contributed by atoms with Crippen LogP contribution in [0, 0.1) is 11.8 Å². The second-order valence-corrected chi connectivity index (χ2v) is 15.1. The van der Waals surface area contributed by atoms with Crippen LogP contribution in [0.4, 0.5) is 10.5 Å². The molecule has 0 radical (unpaired) electrons. The Bertz CT molecular complexity index is 1570. The van der Waals surface area contributed by atoms with Crippen LogP contribution in [0.25, 0.3) is 5.57 Å². The van der Waals surface area contributed by atoms with Crippen molar-refractivity contribution in [2.24, 2.45) is 11.8 Å². The first-order valence-electron chi connectivity index (χ1n) is 16.4. The number of carbonyl (C=O) groups is 2. The van der Waals surface area contributed by atoms with Crippen molar-refractivity contribution in [3.63, 3.8) is 0 Å². The van der Waals surface area contributed by atoms with E-state index in [1.165, 1.54) is 16.4 Å². The molecule has 2 aromatic rings. The number of ether oxygens (including phenoxy) is 3. The average molecular weight is 686 g/mol. The van der Waals surface area contributed by atoms with Crippen molar-refractivity contribution in [1.82, 2.24) is 19.8 Å². The molecule has 14 heteroatoms. The van der Waals surface area contributed by atoms with Crippen LogP contribution in [0.15, 0.2) is 59.6 Å². The summed E-state index contributed by atoms with van der Waals surface area (Å²) in [4.78, 5) is 27.9. The van der Waals surface area contributed by atoms with E-state index in [-0.39, 0.29) is 55.0 Å². The van der Waals surface area contributed by atoms with Crippen LogP contribution in [0.3, 0.4) is 0 Å². The molecule has 0 spiro atoms. The van der Waals surface area contributed by atoms with Crippen LogP contribution in [0.2, 0.25) is 0 Å². The zero-order valence-corrected chi connectivity index (χ0v) is 28.7. The van der Waals surface area contributed by atoms with Gasteiger partial charge in [-0.15, -0.1) is 0 Å². The Hall–Kier alpha value is -3.53. The second-order valence-electron chi connectivity index (χ2n) is 13.2. The first kappa shape index (κ1) is 35.8. The molecule has 0 saturated carbocycles. The molecule has 3 aliphatic rings. The lowest BCUT2D eigenvalue weighted by molar-refractivity contribution is -0.110. The summed E-state index contributed by atoms with van der Waals surface area (Å²) in [6, 6.07) is 13.0. The van der Waals surface area contributed by atoms with Gasteiger partial charge in [0.15, 0.2) is 6.29 Å². The van der Waals surface area contributed by atoms with Crippen LogP contribution in [0.1, 0.15) is 31.4 Å². The molecule has 0 aliphatic carbocycles. The van der Waals surface area contributed by atoms with Crippen molar-refractivity contribution in [3.05, 3.63) is 65.9 Å². The summed E-state index contributed by atoms with van der Waals surface area (Å²) in [5.41, 5.74) is 2.18. The topological polar surface area (TPSA) is 159 Å². The van der Waals surface area contributed by atoms with Gasteiger partial charge in [-0.05, 0) is 56.6 Å². The molecule has 2 aromatic carbocycles. The average Bonchev–Trinajstić information content (AvgIpc) is 3.74. The van der Waals surface area contributed by atoms with Crippen LogP contribution < -0.4 is 16.0 Å². The number of hydrogen-bond donors (Lipinski definition) is 4. The fourth-order valence-electron chi connectivity index (χ4n) is 6.12.